The first-order valence-corrected chi connectivity index (χ1v) is 10.3. The van der Waals surface area contributed by atoms with Crippen molar-refractivity contribution in [2.24, 2.45) is 0 Å². The molecule has 4 rings (SSSR count). The van der Waals surface area contributed by atoms with Gasteiger partial charge in [0.15, 0.2) is 5.78 Å². The zero-order valence-corrected chi connectivity index (χ0v) is 17.9. The number of pyridine rings is 1. The van der Waals surface area contributed by atoms with Crippen LogP contribution in [-0.2, 0) is 6.42 Å². The number of rotatable bonds is 7. The summed E-state index contributed by atoms with van der Waals surface area (Å²) in [5.74, 6) is 1.75. The van der Waals surface area contributed by atoms with E-state index >= 15 is 0 Å². The number of carbonyl (C=O) groups is 1. The third-order valence-electron chi connectivity index (χ3n) is 5.17. The smallest absolute Gasteiger partial charge is 0.266 e. The van der Waals surface area contributed by atoms with Crippen LogP contribution in [0.2, 0.25) is 0 Å². The fourth-order valence-electron chi connectivity index (χ4n) is 3.54. The highest BCUT2D eigenvalue weighted by Crippen LogP contribution is 2.23. The molecule has 160 valence electrons. The Hall–Kier alpha value is -4.12. The Balaban J connectivity index is 1.57. The lowest BCUT2D eigenvalue weighted by Crippen LogP contribution is -2.27. The second-order valence-electron chi connectivity index (χ2n) is 7.36. The molecular formula is C27H23NO4. The minimum absolute atomic E-state index is 0.121. The van der Waals surface area contributed by atoms with E-state index in [1.165, 1.54) is 4.57 Å². The van der Waals surface area contributed by atoms with Gasteiger partial charge >= 0.3 is 0 Å². The molecule has 0 aliphatic heterocycles. The quantitative estimate of drug-likeness (QED) is 0.374. The van der Waals surface area contributed by atoms with Crippen molar-refractivity contribution >= 4 is 5.78 Å². The fraction of sp³-hybridized carbons (Fsp3) is 0.111. The lowest BCUT2D eigenvalue weighted by molar-refractivity contribution is 0.0991. The first-order valence-electron chi connectivity index (χ1n) is 10.3. The minimum Gasteiger partial charge on any atom is -0.495 e. The summed E-state index contributed by atoms with van der Waals surface area (Å²) < 4.78 is 12.7. The van der Waals surface area contributed by atoms with Gasteiger partial charge in [-0.1, -0.05) is 42.5 Å². The molecule has 32 heavy (non-hydrogen) atoms. The molecule has 0 spiro atoms. The number of carbonyl (C=O) groups excluding carboxylic acids is 1. The molecule has 0 unspecified atom stereocenters. The predicted octanol–water partition coefficient (Wildman–Crippen LogP) is 5.37. The third kappa shape index (κ3) is 4.47. The number of hydrogen-bond acceptors (Lipinski definition) is 4. The van der Waals surface area contributed by atoms with Crippen LogP contribution in [0.5, 0.6) is 17.2 Å². The molecule has 1 aromatic heterocycles. The number of aryl methyl sites for hydroxylation is 1. The van der Waals surface area contributed by atoms with Gasteiger partial charge in [-0.15, -0.1) is 0 Å². The SMILES string of the molecule is COc1ccccc1-n1c(C)ccc(C(=O)Cc2ccc(Oc3ccccc3)cc2)c1=O. The zero-order chi connectivity index (χ0) is 22.5. The monoisotopic (exact) mass is 425 g/mol. The molecule has 0 bridgehead atoms. The fourth-order valence-corrected chi connectivity index (χ4v) is 3.54. The van der Waals surface area contributed by atoms with Crippen LogP contribution in [0.3, 0.4) is 0 Å². The largest absolute Gasteiger partial charge is 0.495 e. The highest BCUT2D eigenvalue weighted by molar-refractivity contribution is 5.97. The van der Waals surface area contributed by atoms with Crippen molar-refractivity contribution < 1.29 is 14.3 Å². The first kappa shape index (κ1) is 21.1. The highest BCUT2D eigenvalue weighted by Gasteiger charge is 2.17. The number of nitrogens with zero attached hydrogens (tertiary/aromatic N) is 1. The normalized spacial score (nSPS) is 10.6. The molecular weight excluding hydrogens is 402 g/mol. The molecule has 1 heterocycles. The zero-order valence-electron chi connectivity index (χ0n) is 17.9. The van der Waals surface area contributed by atoms with Crippen LogP contribution in [0, 0.1) is 6.92 Å². The summed E-state index contributed by atoms with van der Waals surface area (Å²) in [6, 6.07) is 27.4. The van der Waals surface area contributed by atoms with Crippen molar-refractivity contribution in [1.82, 2.24) is 4.57 Å². The highest BCUT2D eigenvalue weighted by atomic mass is 16.5. The molecule has 0 atom stereocenters. The maximum Gasteiger partial charge on any atom is 0.266 e. The number of hydrogen-bond donors (Lipinski definition) is 0. The lowest BCUT2D eigenvalue weighted by Gasteiger charge is -2.15. The second kappa shape index (κ2) is 9.35. The molecule has 5 heteroatoms. The van der Waals surface area contributed by atoms with Crippen LogP contribution in [-0.4, -0.2) is 17.5 Å². The van der Waals surface area contributed by atoms with Crippen LogP contribution in [0.1, 0.15) is 21.6 Å². The summed E-state index contributed by atoms with van der Waals surface area (Å²) in [5.41, 5.74) is 1.92. The maximum absolute atomic E-state index is 13.2. The van der Waals surface area contributed by atoms with E-state index in [0.717, 1.165) is 17.0 Å². The molecule has 0 amide bonds. The van der Waals surface area contributed by atoms with Gasteiger partial charge in [0.25, 0.3) is 5.56 Å². The third-order valence-corrected chi connectivity index (χ3v) is 5.17. The van der Waals surface area contributed by atoms with Gasteiger partial charge in [0, 0.05) is 12.1 Å². The van der Waals surface area contributed by atoms with Crippen molar-refractivity contribution in [1.29, 1.82) is 0 Å². The molecule has 0 saturated heterocycles. The first-order chi connectivity index (χ1) is 15.6. The van der Waals surface area contributed by atoms with Crippen molar-refractivity contribution in [3.63, 3.8) is 0 Å². The Morgan fingerprint density at radius 2 is 1.47 bits per heavy atom. The van der Waals surface area contributed by atoms with E-state index in [1.54, 1.807) is 31.4 Å². The molecule has 0 fully saturated rings. The van der Waals surface area contributed by atoms with Gasteiger partial charge in [-0.3, -0.25) is 14.2 Å². The summed E-state index contributed by atoms with van der Waals surface area (Å²) in [6.45, 7) is 1.83. The second-order valence-corrected chi connectivity index (χ2v) is 7.36. The lowest BCUT2D eigenvalue weighted by atomic mass is 10.0. The molecule has 0 radical (unpaired) electrons. The summed E-state index contributed by atoms with van der Waals surface area (Å²) in [7, 11) is 1.55. The van der Waals surface area contributed by atoms with E-state index in [1.807, 2.05) is 73.7 Å². The van der Waals surface area contributed by atoms with Crippen LogP contribution in [0.15, 0.2) is 95.8 Å². The molecule has 0 N–H and O–H groups in total. The number of methoxy groups -OCH3 is 1. The summed E-state index contributed by atoms with van der Waals surface area (Å²) in [4.78, 5) is 26.2. The summed E-state index contributed by atoms with van der Waals surface area (Å²) >= 11 is 0. The van der Waals surface area contributed by atoms with Crippen molar-refractivity contribution in [3.8, 4) is 22.9 Å². The summed E-state index contributed by atoms with van der Waals surface area (Å²) in [5, 5.41) is 0. The Morgan fingerprint density at radius 3 is 2.19 bits per heavy atom. The van der Waals surface area contributed by atoms with Crippen LogP contribution >= 0.6 is 0 Å². The Kier molecular flexibility index (Phi) is 6.17. The van der Waals surface area contributed by atoms with Gasteiger partial charge in [0.1, 0.15) is 17.2 Å². The molecule has 0 saturated carbocycles. The van der Waals surface area contributed by atoms with Gasteiger partial charge in [0.05, 0.1) is 18.4 Å². The topological polar surface area (TPSA) is 57.5 Å². The van der Waals surface area contributed by atoms with Crippen molar-refractivity contribution in [3.05, 3.63) is 118 Å². The van der Waals surface area contributed by atoms with E-state index < -0.39 is 0 Å². The van der Waals surface area contributed by atoms with Crippen LogP contribution < -0.4 is 15.0 Å². The maximum atomic E-state index is 13.2. The summed E-state index contributed by atoms with van der Waals surface area (Å²) in [6.07, 6.45) is 0.121. The molecule has 4 aromatic rings. The van der Waals surface area contributed by atoms with Crippen molar-refractivity contribution in [2.45, 2.75) is 13.3 Å². The van der Waals surface area contributed by atoms with Crippen molar-refractivity contribution in [2.75, 3.05) is 7.11 Å². The van der Waals surface area contributed by atoms with Gasteiger partial charge in [-0.2, -0.15) is 0 Å². The Labute approximate surface area is 186 Å². The standard InChI is InChI=1S/C27H23NO4/c1-19-12-17-23(27(30)28(19)24-10-6-7-11-26(24)31-2)25(29)18-20-13-15-22(16-14-20)32-21-8-4-3-5-9-21/h3-17H,18H2,1-2H3. The van der Waals surface area contributed by atoms with E-state index in [2.05, 4.69) is 0 Å². The van der Waals surface area contributed by atoms with E-state index in [-0.39, 0.29) is 23.3 Å². The number of para-hydroxylation sites is 3. The minimum atomic E-state index is -0.358. The Bertz CT molecular complexity index is 1290. The average molecular weight is 425 g/mol. The predicted molar refractivity (Wildman–Crippen MR) is 124 cm³/mol. The number of ether oxygens (including phenoxy) is 2. The van der Waals surface area contributed by atoms with E-state index in [9.17, 15) is 9.59 Å². The molecule has 5 nitrogen and oxygen atoms in total. The molecule has 3 aromatic carbocycles. The Morgan fingerprint density at radius 1 is 0.812 bits per heavy atom. The van der Waals surface area contributed by atoms with Gasteiger partial charge in [0.2, 0.25) is 0 Å². The van der Waals surface area contributed by atoms with E-state index in [4.69, 9.17) is 9.47 Å². The van der Waals surface area contributed by atoms with Crippen LogP contribution in [0.25, 0.3) is 5.69 Å². The van der Waals surface area contributed by atoms with Gasteiger partial charge in [-0.25, -0.2) is 0 Å². The van der Waals surface area contributed by atoms with Gasteiger partial charge < -0.3 is 9.47 Å². The van der Waals surface area contributed by atoms with Crippen LogP contribution in [0.4, 0.5) is 0 Å². The number of ketones is 1. The molecule has 0 aliphatic rings. The number of Topliss-reactive ketones (excluding diaryl/α,β-unsaturated/α-hetero) is 1. The average Bonchev–Trinajstić information content (AvgIpc) is 2.81. The van der Waals surface area contributed by atoms with Gasteiger partial charge in [-0.05, 0) is 61.0 Å². The number of benzene rings is 3. The molecule has 0 aliphatic carbocycles. The number of aromatic nitrogens is 1. The van der Waals surface area contributed by atoms with E-state index in [0.29, 0.717) is 17.2 Å².